The number of rotatable bonds is 4. The first-order chi connectivity index (χ1) is 8.15. The fourth-order valence-corrected chi connectivity index (χ4v) is 1.82. The minimum atomic E-state index is -0.617. The van der Waals surface area contributed by atoms with Gasteiger partial charge in [0.05, 0.1) is 17.1 Å². The van der Waals surface area contributed by atoms with E-state index in [9.17, 15) is 14.5 Å². The summed E-state index contributed by atoms with van der Waals surface area (Å²) in [6, 6.07) is 3.46. The molecule has 17 heavy (non-hydrogen) atoms. The molecule has 1 aliphatic heterocycles. The highest BCUT2D eigenvalue weighted by molar-refractivity contribution is 5.51. The average molecular weight is 240 g/mol. The second-order valence-corrected chi connectivity index (χ2v) is 3.97. The molecule has 2 rings (SSSR count). The van der Waals surface area contributed by atoms with Crippen LogP contribution in [0.2, 0.25) is 0 Å². The summed E-state index contributed by atoms with van der Waals surface area (Å²) in [7, 11) is 0. The van der Waals surface area contributed by atoms with E-state index in [1.807, 2.05) is 0 Å². The van der Waals surface area contributed by atoms with Crippen LogP contribution in [-0.4, -0.2) is 24.2 Å². The third kappa shape index (κ3) is 3.13. The molecule has 1 atom stereocenters. The number of nitro benzene ring substituents is 1. The molecule has 0 saturated carbocycles. The van der Waals surface area contributed by atoms with Gasteiger partial charge >= 0.3 is 0 Å². The highest BCUT2D eigenvalue weighted by atomic mass is 19.1. The van der Waals surface area contributed by atoms with Crippen LogP contribution in [0.3, 0.4) is 0 Å². The van der Waals surface area contributed by atoms with E-state index < -0.39 is 10.7 Å². The molecule has 1 N–H and O–H groups in total. The van der Waals surface area contributed by atoms with Gasteiger partial charge in [0.15, 0.2) is 0 Å². The zero-order valence-corrected chi connectivity index (χ0v) is 9.19. The number of ether oxygens (including phenoxy) is 1. The first kappa shape index (κ1) is 11.8. The molecule has 6 heteroatoms. The number of anilines is 1. The molecule has 1 aromatic carbocycles. The molecule has 0 radical (unpaired) electrons. The number of nitrogens with one attached hydrogen (secondary N) is 1. The highest BCUT2D eigenvalue weighted by Crippen LogP contribution is 2.21. The predicted molar refractivity (Wildman–Crippen MR) is 60.5 cm³/mol. The Bertz CT molecular complexity index is 419. The molecule has 1 aliphatic rings. The largest absolute Gasteiger partial charge is 0.382 e. The van der Waals surface area contributed by atoms with Crippen LogP contribution in [0, 0.1) is 15.9 Å². The topological polar surface area (TPSA) is 64.4 Å². The molecule has 1 aromatic rings. The molecule has 5 nitrogen and oxygen atoms in total. The zero-order valence-electron chi connectivity index (χ0n) is 9.19. The van der Waals surface area contributed by atoms with Gasteiger partial charge in [-0.2, -0.15) is 0 Å². The molecule has 0 aromatic heterocycles. The van der Waals surface area contributed by atoms with E-state index in [0.29, 0.717) is 12.2 Å². The normalized spacial score (nSPS) is 19.2. The zero-order chi connectivity index (χ0) is 12.3. The van der Waals surface area contributed by atoms with Crippen LogP contribution >= 0.6 is 0 Å². The van der Waals surface area contributed by atoms with Gasteiger partial charge in [0.2, 0.25) is 0 Å². The lowest BCUT2D eigenvalue weighted by Gasteiger charge is -2.11. The number of non-ortho nitro benzene ring substituents is 1. The molecule has 92 valence electrons. The number of hydrogen-bond acceptors (Lipinski definition) is 4. The Morgan fingerprint density at radius 3 is 3.00 bits per heavy atom. The Hall–Kier alpha value is -1.69. The Morgan fingerprint density at radius 2 is 2.35 bits per heavy atom. The van der Waals surface area contributed by atoms with Gasteiger partial charge < -0.3 is 10.1 Å². The summed E-state index contributed by atoms with van der Waals surface area (Å²) in [5.74, 6) is -0.617. The molecule has 1 saturated heterocycles. The van der Waals surface area contributed by atoms with Gasteiger partial charge in [-0.1, -0.05) is 0 Å². The van der Waals surface area contributed by atoms with Crippen LogP contribution in [-0.2, 0) is 4.74 Å². The molecule has 1 fully saturated rings. The van der Waals surface area contributed by atoms with Gasteiger partial charge in [-0.15, -0.1) is 0 Å². The molecule has 0 aliphatic carbocycles. The van der Waals surface area contributed by atoms with Crippen LogP contribution in [0.4, 0.5) is 15.8 Å². The quantitative estimate of drug-likeness (QED) is 0.648. The second kappa shape index (κ2) is 5.09. The van der Waals surface area contributed by atoms with Crippen LogP contribution < -0.4 is 5.32 Å². The summed E-state index contributed by atoms with van der Waals surface area (Å²) in [6.45, 7) is 1.29. The van der Waals surface area contributed by atoms with Gasteiger partial charge in [0, 0.05) is 24.9 Å². The molecule has 0 spiro atoms. The Balaban J connectivity index is 2.01. The molecular weight excluding hydrogens is 227 g/mol. The van der Waals surface area contributed by atoms with E-state index in [1.165, 1.54) is 12.1 Å². The van der Waals surface area contributed by atoms with Crippen LogP contribution in [0.5, 0.6) is 0 Å². The summed E-state index contributed by atoms with van der Waals surface area (Å²) in [4.78, 5) is 9.94. The van der Waals surface area contributed by atoms with Crippen molar-refractivity contribution in [1.82, 2.24) is 0 Å². The average Bonchev–Trinajstić information content (AvgIpc) is 2.78. The van der Waals surface area contributed by atoms with Crippen molar-refractivity contribution in [2.45, 2.75) is 18.9 Å². The lowest BCUT2D eigenvalue weighted by molar-refractivity contribution is -0.385. The third-order valence-electron chi connectivity index (χ3n) is 2.65. The predicted octanol–water partition coefficient (Wildman–Crippen LogP) is 2.32. The first-order valence-electron chi connectivity index (χ1n) is 5.45. The van der Waals surface area contributed by atoms with Crippen molar-refractivity contribution in [3.05, 3.63) is 34.1 Å². The second-order valence-electron chi connectivity index (χ2n) is 3.97. The van der Waals surface area contributed by atoms with E-state index in [1.54, 1.807) is 0 Å². The van der Waals surface area contributed by atoms with Gasteiger partial charge in [-0.05, 0) is 18.9 Å². The third-order valence-corrected chi connectivity index (χ3v) is 2.65. The van der Waals surface area contributed by atoms with Crippen molar-refractivity contribution in [3.8, 4) is 0 Å². The van der Waals surface area contributed by atoms with Gasteiger partial charge in [-0.25, -0.2) is 4.39 Å². The van der Waals surface area contributed by atoms with Crippen molar-refractivity contribution < 1.29 is 14.1 Å². The molecule has 1 unspecified atom stereocenters. The van der Waals surface area contributed by atoms with Gasteiger partial charge in [-0.3, -0.25) is 10.1 Å². The Labute approximate surface area is 97.7 Å². The van der Waals surface area contributed by atoms with Crippen molar-refractivity contribution in [1.29, 1.82) is 0 Å². The maximum Gasteiger partial charge on any atom is 0.274 e. The first-order valence-corrected chi connectivity index (χ1v) is 5.45. The molecule has 0 bridgehead atoms. The van der Waals surface area contributed by atoms with Crippen LogP contribution in [0.1, 0.15) is 12.8 Å². The number of nitrogens with zero attached hydrogens (tertiary/aromatic N) is 1. The monoisotopic (exact) mass is 240 g/mol. The Kier molecular flexibility index (Phi) is 3.53. The minimum absolute atomic E-state index is 0.109. The Morgan fingerprint density at radius 1 is 1.53 bits per heavy atom. The van der Waals surface area contributed by atoms with E-state index in [0.717, 1.165) is 25.5 Å². The van der Waals surface area contributed by atoms with Gasteiger partial charge in [0.1, 0.15) is 5.82 Å². The van der Waals surface area contributed by atoms with Crippen molar-refractivity contribution in [3.63, 3.8) is 0 Å². The maximum absolute atomic E-state index is 13.1. The fraction of sp³-hybridized carbons (Fsp3) is 0.455. The van der Waals surface area contributed by atoms with Gasteiger partial charge in [0.25, 0.3) is 5.69 Å². The number of hydrogen-bond donors (Lipinski definition) is 1. The van der Waals surface area contributed by atoms with E-state index in [2.05, 4.69) is 5.32 Å². The standard InChI is InChI=1S/C11H13FN2O3/c12-8-4-9(6-10(5-8)14(15)16)13-7-11-2-1-3-17-11/h4-6,11,13H,1-3,7H2. The van der Waals surface area contributed by atoms with Crippen LogP contribution in [0.25, 0.3) is 0 Å². The minimum Gasteiger partial charge on any atom is -0.382 e. The van der Waals surface area contributed by atoms with Crippen molar-refractivity contribution in [2.24, 2.45) is 0 Å². The lowest BCUT2D eigenvalue weighted by atomic mass is 10.2. The fourth-order valence-electron chi connectivity index (χ4n) is 1.82. The molecular formula is C11H13FN2O3. The number of nitro groups is 1. The highest BCUT2D eigenvalue weighted by Gasteiger charge is 2.16. The van der Waals surface area contributed by atoms with E-state index in [4.69, 9.17) is 4.74 Å². The smallest absolute Gasteiger partial charge is 0.274 e. The summed E-state index contributed by atoms with van der Waals surface area (Å²) in [6.07, 6.45) is 2.09. The summed E-state index contributed by atoms with van der Waals surface area (Å²) < 4.78 is 18.5. The maximum atomic E-state index is 13.1. The van der Waals surface area contributed by atoms with Crippen LogP contribution in [0.15, 0.2) is 18.2 Å². The lowest BCUT2D eigenvalue weighted by Crippen LogP contribution is -2.18. The summed E-state index contributed by atoms with van der Waals surface area (Å²) >= 11 is 0. The van der Waals surface area contributed by atoms with Crippen molar-refractivity contribution in [2.75, 3.05) is 18.5 Å². The molecule has 0 amide bonds. The summed E-state index contributed by atoms with van der Waals surface area (Å²) in [5, 5.41) is 13.5. The van der Waals surface area contributed by atoms with E-state index in [-0.39, 0.29) is 11.8 Å². The molecule has 1 heterocycles. The SMILES string of the molecule is O=[N+]([O-])c1cc(F)cc(NCC2CCCO2)c1. The number of benzene rings is 1. The number of halogens is 1. The van der Waals surface area contributed by atoms with Crippen molar-refractivity contribution >= 4 is 11.4 Å². The summed E-state index contributed by atoms with van der Waals surface area (Å²) in [5.41, 5.74) is 0.159. The van der Waals surface area contributed by atoms with E-state index >= 15 is 0 Å².